The summed E-state index contributed by atoms with van der Waals surface area (Å²) in [5, 5.41) is 0. The lowest BCUT2D eigenvalue weighted by Gasteiger charge is -2.00. The average molecular weight is 230 g/mol. The molecule has 12 heavy (non-hydrogen) atoms. The summed E-state index contributed by atoms with van der Waals surface area (Å²) in [6.45, 7) is 0. The van der Waals surface area contributed by atoms with E-state index in [0.717, 1.165) is 0 Å². The van der Waals surface area contributed by atoms with E-state index in [1.54, 1.807) is 0 Å². The number of sulfone groups is 1. The normalized spacial score (nSPS) is 14.5. The zero-order valence-electron chi connectivity index (χ0n) is 7.28. The maximum atomic E-state index is 11.1. The van der Waals surface area contributed by atoms with Crippen LogP contribution in [-0.4, -0.2) is 48.1 Å². The Balaban J connectivity index is 3.80. The third kappa shape index (κ3) is 7.12. The lowest BCUT2D eigenvalue weighted by molar-refractivity contribution is 0.598. The molecule has 0 aromatic carbocycles. The molecule has 0 saturated heterocycles. The van der Waals surface area contributed by atoms with Crippen molar-refractivity contribution in [2.75, 3.05) is 35.5 Å². The molecule has 1 unspecified atom stereocenters. The summed E-state index contributed by atoms with van der Waals surface area (Å²) >= 11 is 1.51. The van der Waals surface area contributed by atoms with Gasteiger partial charge >= 0.3 is 0 Å². The molecule has 3 nitrogen and oxygen atoms in total. The maximum absolute atomic E-state index is 11.1. The van der Waals surface area contributed by atoms with Crippen molar-refractivity contribution in [1.29, 1.82) is 0 Å². The zero-order chi connectivity index (χ0) is 9.61. The summed E-state index contributed by atoms with van der Waals surface area (Å²) < 4.78 is 32.9. The second kappa shape index (κ2) is 5.99. The van der Waals surface area contributed by atoms with Crippen molar-refractivity contribution in [1.82, 2.24) is 0 Å². The Morgan fingerprint density at radius 2 is 1.92 bits per heavy atom. The lowest BCUT2D eigenvalue weighted by Crippen LogP contribution is -2.17. The van der Waals surface area contributed by atoms with Gasteiger partial charge in [0.05, 0.1) is 11.5 Å². The Kier molecular flexibility index (Phi) is 6.21. The Morgan fingerprint density at radius 1 is 1.33 bits per heavy atom. The van der Waals surface area contributed by atoms with Crippen molar-refractivity contribution in [3.05, 3.63) is 0 Å². The Bertz CT molecular complexity index is 232. The van der Waals surface area contributed by atoms with E-state index in [1.165, 1.54) is 18.0 Å². The SMILES string of the molecule is CSCCS(=O)(=O)CCS(C)=O. The Hall–Kier alpha value is 0.450. The first-order chi connectivity index (χ1) is 5.48. The van der Waals surface area contributed by atoms with Crippen LogP contribution in [0.1, 0.15) is 0 Å². The summed E-state index contributed by atoms with van der Waals surface area (Å²) in [4.78, 5) is 0. The van der Waals surface area contributed by atoms with Crippen LogP contribution < -0.4 is 0 Å². The van der Waals surface area contributed by atoms with Crippen LogP contribution in [0.2, 0.25) is 0 Å². The van der Waals surface area contributed by atoms with Crippen molar-refractivity contribution in [2.24, 2.45) is 0 Å². The van der Waals surface area contributed by atoms with Gasteiger partial charge in [-0.2, -0.15) is 11.8 Å². The quantitative estimate of drug-likeness (QED) is 0.651. The monoisotopic (exact) mass is 230 g/mol. The number of rotatable bonds is 6. The predicted octanol–water partition coefficient (Wildman–Crippen LogP) is 0.143. The molecule has 0 N–H and O–H groups in total. The molecule has 0 aromatic rings. The first-order valence-electron chi connectivity index (χ1n) is 3.47. The number of hydrogen-bond donors (Lipinski definition) is 0. The molecule has 0 fully saturated rings. The molecule has 0 aromatic heterocycles. The second-order valence-electron chi connectivity index (χ2n) is 2.42. The molecule has 0 amide bonds. The van der Waals surface area contributed by atoms with Crippen LogP contribution in [0.5, 0.6) is 0 Å². The van der Waals surface area contributed by atoms with Crippen LogP contribution in [-0.2, 0) is 20.6 Å². The van der Waals surface area contributed by atoms with Crippen LogP contribution >= 0.6 is 11.8 Å². The fourth-order valence-electron chi connectivity index (χ4n) is 0.557. The van der Waals surface area contributed by atoms with Gasteiger partial charge in [0.25, 0.3) is 0 Å². The molecule has 6 heteroatoms. The van der Waals surface area contributed by atoms with Crippen LogP contribution in [0.4, 0.5) is 0 Å². The molecular weight excluding hydrogens is 216 g/mol. The second-order valence-corrected chi connectivity index (χ2v) is 7.27. The molecule has 0 aliphatic heterocycles. The van der Waals surface area contributed by atoms with Crippen LogP contribution in [0.3, 0.4) is 0 Å². The van der Waals surface area contributed by atoms with Crippen molar-refractivity contribution in [2.45, 2.75) is 0 Å². The molecule has 0 radical (unpaired) electrons. The van der Waals surface area contributed by atoms with Crippen LogP contribution in [0.15, 0.2) is 0 Å². The topological polar surface area (TPSA) is 51.2 Å². The average Bonchev–Trinajstić information content (AvgIpc) is 1.98. The molecule has 0 heterocycles. The Labute approximate surface area is 80.7 Å². The van der Waals surface area contributed by atoms with Gasteiger partial charge in [-0.15, -0.1) is 0 Å². The van der Waals surface area contributed by atoms with Crippen LogP contribution in [0.25, 0.3) is 0 Å². The van der Waals surface area contributed by atoms with Gasteiger partial charge < -0.3 is 0 Å². The summed E-state index contributed by atoms with van der Waals surface area (Å²) in [7, 11) is -3.96. The van der Waals surface area contributed by atoms with E-state index in [1.807, 2.05) is 6.26 Å². The molecule has 0 aliphatic rings. The summed E-state index contributed by atoms with van der Waals surface area (Å²) in [6, 6.07) is 0. The molecule has 0 bridgehead atoms. The third-order valence-electron chi connectivity index (χ3n) is 1.28. The molecule has 0 aliphatic carbocycles. The highest BCUT2D eigenvalue weighted by atomic mass is 32.2. The molecular formula is C6H14O3S3. The van der Waals surface area contributed by atoms with Gasteiger partial charge in [-0.3, -0.25) is 4.21 Å². The van der Waals surface area contributed by atoms with Gasteiger partial charge in [0, 0.05) is 28.6 Å². The minimum Gasteiger partial charge on any atom is -0.260 e. The van der Waals surface area contributed by atoms with E-state index >= 15 is 0 Å². The fourth-order valence-corrected chi connectivity index (χ4v) is 4.40. The van der Waals surface area contributed by atoms with Gasteiger partial charge in [0.15, 0.2) is 9.84 Å². The highest BCUT2D eigenvalue weighted by Gasteiger charge is 2.10. The van der Waals surface area contributed by atoms with Gasteiger partial charge in [0.2, 0.25) is 0 Å². The first kappa shape index (κ1) is 12.4. The van der Waals surface area contributed by atoms with Gasteiger partial charge in [0.1, 0.15) is 0 Å². The smallest absolute Gasteiger partial charge is 0.152 e. The fraction of sp³-hybridized carbons (Fsp3) is 1.00. The van der Waals surface area contributed by atoms with Gasteiger partial charge in [-0.1, -0.05) is 0 Å². The van der Waals surface area contributed by atoms with Crippen molar-refractivity contribution in [3.63, 3.8) is 0 Å². The summed E-state index contributed by atoms with van der Waals surface area (Å²) in [5.41, 5.74) is 0. The van der Waals surface area contributed by atoms with Crippen LogP contribution in [0, 0.1) is 0 Å². The highest BCUT2D eigenvalue weighted by molar-refractivity contribution is 8.00. The number of thioether (sulfide) groups is 1. The maximum Gasteiger partial charge on any atom is 0.152 e. The largest absolute Gasteiger partial charge is 0.260 e. The third-order valence-corrected chi connectivity index (χ3v) is 4.84. The van der Waals surface area contributed by atoms with Gasteiger partial charge in [-0.05, 0) is 6.26 Å². The minimum atomic E-state index is -2.95. The van der Waals surface area contributed by atoms with Crippen molar-refractivity contribution >= 4 is 32.4 Å². The van der Waals surface area contributed by atoms with Gasteiger partial charge in [-0.25, -0.2) is 8.42 Å². The lowest BCUT2D eigenvalue weighted by atomic mass is 10.9. The summed E-state index contributed by atoms with van der Waals surface area (Å²) in [5.74, 6) is 1.14. The van der Waals surface area contributed by atoms with E-state index in [0.29, 0.717) is 5.75 Å². The number of hydrogen-bond acceptors (Lipinski definition) is 4. The minimum absolute atomic E-state index is 0.0523. The molecule has 0 rings (SSSR count). The van der Waals surface area contributed by atoms with E-state index in [4.69, 9.17) is 0 Å². The molecule has 0 spiro atoms. The highest BCUT2D eigenvalue weighted by Crippen LogP contribution is 1.97. The molecule has 74 valence electrons. The molecule has 0 saturated carbocycles. The predicted molar refractivity (Wildman–Crippen MR) is 56.0 cm³/mol. The van der Waals surface area contributed by atoms with Crippen molar-refractivity contribution in [3.8, 4) is 0 Å². The zero-order valence-corrected chi connectivity index (χ0v) is 9.73. The first-order valence-corrected chi connectivity index (χ1v) is 8.41. The molecule has 1 atom stereocenters. The van der Waals surface area contributed by atoms with Crippen molar-refractivity contribution < 1.29 is 12.6 Å². The standard InChI is InChI=1S/C6H14O3S3/c1-10-3-5-12(8,9)6-4-11(2)7/h3-6H2,1-2H3. The summed E-state index contributed by atoms with van der Waals surface area (Å²) in [6.07, 6.45) is 3.39. The van der Waals surface area contributed by atoms with E-state index in [2.05, 4.69) is 0 Å². The van der Waals surface area contributed by atoms with E-state index in [-0.39, 0.29) is 17.3 Å². The van der Waals surface area contributed by atoms with E-state index < -0.39 is 20.6 Å². The van der Waals surface area contributed by atoms with E-state index in [9.17, 15) is 12.6 Å². The Morgan fingerprint density at radius 3 is 2.33 bits per heavy atom.